The first-order valence-corrected chi connectivity index (χ1v) is 21.4. The second-order valence-corrected chi connectivity index (χ2v) is 17.0. The van der Waals surface area contributed by atoms with E-state index in [0.29, 0.717) is 0 Å². The monoisotopic (exact) mass is 776 g/mol. The third-order valence-corrected chi connectivity index (χ3v) is 13.8. The summed E-state index contributed by atoms with van der Waals surface area (Å²) in [6, 6.07) is 55.3. The topological polar surface area (TPSA) is 0 Å². The van der Waals surface area contributed by atoms with Crippen molar-refractivity contribution in [2.75, 3.05) is 0 Å². The van der Waals surface area contributed by atoms with Crippen LogP contribution in [0.15, 0.2) is 196 Å². The summed E-state index contributed by atoms with van der Waals surface area (Å²) in [7, 11) is 0. The molecule has 9 aromatic rings. The van der Waals surface area contributed by atoms with Gasteiger partial charge in [-0.3, -0.25) is 0 Å². The number of allylic oxidation sites excluding steroid dienone is 5. The Morgan fingerprint density at radius 2 is 1.17 bits per heavy atom. The molecule has 0 saturated carbocycles. The zero-order valence-corrected chi connectivity index (χ0v) is 33.8. The summed E-state index contributed by atoms with van der Waals surface area (Å²) in [6.07, 6.45) is 13.0. The minimum Gasteiger partial charge on any atom is -0.135 e. The highest BCUT2D eigenvalue weighted by Gasteiger charge is 2.20. The Morgan fingerprint density at radius 1 is 0.483 bits per heavy atom. The van der Waals surface area contributed by atoms with Crippen LogP contribution in [-0.2, 0) is 0 Å². The SMILES string of the molecule is C=Cc1ccccc1C(=C)C1=c2\cccc\c2=C(c2ccc(C(=C)c3cc4c(cc3-c3cc5ccccc5s3)sc3ccccc34)c3ccccc23)\C=C\CC\C=C\1. The Bertz CT molecular complexity index is 3310. The lowest BCUT2D eigenvalue weighted by atomic mass is 9.86. The Hall–Kier alpha value is -6.58. The number of thiophene rings is 2. The van der Waals surface area contributed by atoms with E-state index in [1.165, 1.54) is 73.4 Å². The molecule has 2 heteroatoms. The molecule has 10 rings (SSSR count). The van der Waals surface area contributed by atoms with Gasteiger partial charge in [-0.2, -0.15) is 0 Å². The fraction of sp³-hybridized carbons (Fsp3) is 0.0357. The van der Waals surface area contributed by atoms with Gasteiger partial charge >= 0.3 is 0 Å². The van der Waals surface area contributed by atoms with Crippen molar-refractivity contribution in [2.45, 2.75) is 12.8 Å². The number of hydrogen-bond acceptors (Lipinski definition) is 2. The van der Waals surface area contributed by atoms with Gasteiger partial charge in [-0.05, 0) is 120 Å². The molecule has 7 aromatic carbocycles. The average Bonchev–Trinajstić information content (AvgIpc) is 3.88. The van der Waals surface area contributed by atoms with Gasteiger partial charge in [0.2, 0.25) is 0 Å². The van der Waals surface area contributed by atoms with Crippen LogP contribution in [0.2, 0.25) is 0 Å². The van der Waals surface area contributed by atoms with E-state index in [0.717, 1.165) is 51.5 Å². The van der Waals surface area contributed by atoms with E-state index in [1.807, 2.05) is 28.7 Å². The van der Waals surface area contributed by atoms with Crippen molar-refractivity contribution in [3.8, 4) is 10.4 Å². The smallest absolute Gasteiger partial charge is 0.0362 e. The third-order valence-electron chi connectivity index (χ3n) is 11.5. The van der Waals surface area contributed by atoms with E-state index in [9.17, 15) is 0 Å². The van der Waals surface area contributed by atoms with Gasteiger partial charge in [0.05, 0.1) is 0 Å². The molecule has 1 aliphatic carbocycles. The largest absolute Gasteiger partial charge is 0.135 e. The van der Waals surface area contributed by atoms with Gasteiger partial charge in [0.15, 0.2) is 0 Å². The highest BCUT2D eigenvalue weighted by molar-refractivity contribution is 7.26. The van der Waals surface area contributed by atoms with Crippen molar-refractivity contribution >= 4 is 92.1 Å². The number of fused-ring (bicyclic) bond motifs is 6. The van der Waals surface area contributed by atoms with Crippen LogP contribution in [0.3, 0.4) is 0 Å². The first kappa shape index (κ1) is 35.8. The molecule has 2 heterocycles. The fourth-order valence-corrected chi connectivity index (χ4v) is 10.8. The summed E-state index contributed by atoms with van der Waals surface area (Å²) < 4.78 is 3.89. The second-order valence-electron chi connectivity index (χ2n) is 14.9. The zero-order chi connectivity index (χ0) is 39.2. The second kappa shape index (κ2) is 15.1. The van der Waals surface area contributed by atoms with Crippen molar-refractivity contribution in [1.29, 1.82) is 0 Å². The van der Waals surface area contributed by atoms with Gasteiger partial charge < -0.3 is 0 Å². The Labute approximate surface area is 347 Å². The lowest BCUT2D eigenvalue weighted by Gasteiger charge is -2.18. The molecule has 0 bridgehead atoms. The number of rotatable bonds is 7. The highest BCUT2D eigenvalue weighted by Crippen LogP contribution is 2.45. The molecule has 0 amide bonds. The first-order valence-electron chi connectivity index (χ1n) is 19.8. The molecule has 58 heavy (non-hydrogen) atoms. The average molecular weight is 777 g/mol. The summed E-state index contributed by atoms with van der Waals surface area (Å²) in [5.74, 6) is 0. The van der Waals surface area contributed by atoms with Crippen LogP contribution < -0.4 is 10.4 Å². The van der Waals surface area contributed by atoms with E-state index < -0.39 is 0 Å². The maximum Gasteiger partial charge on any atom is 0.0362 e. The molecule has 2 aromatic heterocycles. The van der Waals surface area contributed by atoms with E-state index in [2.05, 4.69) is 183 Å². The molecular formula is C56H40S2. The van der Waals surface area contributed by atoms with Gasteiger partial charge in [-0.15, -0.1) is 22.7 Å². The molecule has 1 aliphatic rings. The maximum atomic E-state index is 4.92. The highest BCUT2D eigenvalue weighted by atomic mass is 32.1. The molecule has 0 N–H and O–H groups in total. The molecule has 0 saturated heterocycles. The molecule has 0 unspecified atom stereocenters. The van der Waals surface area contributed by atoms with Gasteiger partial charge in [-0.1, -0.05) is 171 Å². The maximum absolute atomic E-state index is 4.92. The minimum atomic E-state index is 0.942. The summed E-state index contributed by atoms with van der Waals surface area (Å²) in [5.41, 5.74) is 11.2. The quantitative estimate of drug-likeness (QED) is 0.151. The van der Waals surface area contributed by atoms with Crippen LogP contribution in [0.4, 0.5) is 0 Å². The van der Waals surface area contributed by atoms with Crippen LogP contribution in [0.5, 0.6) is 0 Å². The Balaban J connectivity index is 1.20. The number of hydrogen-bond donors (Lipinski definition) is 0. The van der Waals surface area contributed by atoms with Gasteiger partial charge in [0.25, 0.3) is 0 Å². The minimum absolute atomic E-state index is 0.942. The summed E-state index contributed by atoms with van der Waals surface area (Å²) in [6.45, 7) is 13.7. The van der Waals surface area contributed by atoms with Crippen LogP contribution in [0.1, 0.15) is 40.7 Å². The summed E-state index contributed by atoms with van der Waals surface area (Å²) in [5, 5.41) is 8.56. The lowest BCUT2D eigenvalue weighted by molar-refractivity contribution is 1.05. The van der Waals surface area contributed by atoms with E-state index in [1.54, 1.807) is 0 Å². The van der Waals surface area contributed by atoms with E-state index >= 15 is 0 Å². The van der Waals surface area contributed by atoms with Gasteiger partial charge in [0, 0.05) is 35.3 Å². The van der Waals surface area contributed by atoms with Gasteiger partial charge in [0.1, 0.15) is 0 Å². The molecular weight excluding hydrogens is 737 g/mol. The normalized spacial score (nSPS) is 16.0. The predicted molar refractivity (Wildman–Crippen MR) is 257 cm³/mol. The lowest BCUT2D eigenvalue weighted by Crippen LogP contribution is -2.29. The van der Waals surface area contributed by atoms with E-state index in [-0.39, 0.29) is 0 Å². The van der Waals surface area contributed by atoms with E-state index in [4.69, 9.17) is 13.2 Å². The van der Waals surface area contributed by atoms with Crippen molar-refractivity contribution in [3.63, 3.8) is 0 Å². The van der Waals surface area contributed by atoms with Crippen molar-refractivity contribution < 1.29 is 0 Å². The van der Waals surface area contributed by atoms with Gasteiger partial charge in [-0.25, -0.2) is 0 Å². The van der Waals surface area contributed by atoms with Crippen molar-refractivity contribution in [2.24, 2.45) is 0 Å². The van der Waals surface area contributed by atoms with Crippen LogP contribution in [0, 0.1) is 0 Å². The van der Waals surface area contributed by atoms with Crippen LogP contribution in [0.25, 0.3) is 79.8 Å². The van der Waals surface area contributed by atoms with Crippen LogP contribution >= 0.6 is 22.7 Å². The molecule has 0 spiro atoms. The zero-order valence-electron chi connectivity index (χ0n) is 32.2. The molecule has 0 atom stereocenters. The fourth-order valence-electron chi connectivity index (χ4n) is 8.60. The Kier molecular flexibility index (Phi) is 9.30. The summed E-state index contributed by atoms with van der Waals surface area (Å²) >= 11 is 3.72. The molecule has 0 fully saturated rings. The summed E-state index contributed by atoms with van der Waals surface area (Å²) in [4.78, 5) is 1.26. The molecule has 0 radical (unpaired) electrons. The van der Waals surface area contributed by atoms with Crippen molar-refractivity contribution in [1.82, 2.24) is 0 Å². The Morgan fingerprint density at radius 3 is 2.00 bits per heavy atom. The number of benzene rings is 7. The third kappa shape index (κ3) is 6.23. The van der Waals surface area contributed by atoms with Crippen molar-refractivity contribution in [3.05, 3.63) is 234 Å². The van der Waals surface area contributed by atoms with Crippen LogP contribution in [-0.4, -0.2) is 0 Å². The molecule has 0 nitrogen and oxygen atoms in total. The molecule has 0 aliphatic heterocycles. The molecule has 276 valence electrons. The first-order chi connectivity index (χ1) is 28.6. The predicted octanol–water partition coefficient (Wildman–Crippen LogP) is 14.8. The standard InChI is InChI=1S/C56H40S2/c1-4-38-19-9-11-21-40(38)36(2)41-22-7-5-6-8-23-47(45-26-14-12-24-43(41)45)48-32-31-42(44-25-13-15-27-46(44)48)37(3)50-34-51-49-28-16-18-30-54(49)58-56(51)35-52(50)55-33-39-20-10-17-29-53(39)57-55/h4,7-35H,1-3,5-6H2/b22-7+,23-8+,43-41+,47-45+.